The molecule has 0 saturated carbocycles. The first-order valence-electron chi connectivity index (χ1n) is 14.7. The fraction of sp³-hybridized carbons (Fsp3) is 0.344. The van der Waals surface area contributed by atoms with Gasteiger partial charge in [-0.05, 0) is 35.2 Å². The highest BCUT2D eigenvalue weighted by Gasteiger charge is 2.30. The average Bonchev–Trinajstić information content (AvgIpc) is 3.04. The molecule has 13 heteroatoms. The number of nitrogens with one attached hydrogen (secondary N) is 3. The Morgan fingerprint density at radius 3 is 1.73 bits per heavy atom. The third-order valence-electron chi connectivity index (χ3n) is 6.53. The van der Waals surface area contributed by atoms with Crippen molar-refractivity contribution in [3.63, 3.8) is 0 Å². The Morgan fingerprint density at radius 2 is 1.18 bits per heavy atom. The van der Waals surface area contributed by atoms with Crippen molar-refractivity contribution in [3.8, 4) is 5.75 Å². The molecular formula is C32H38F3N7O3. The Balaban J connectivity index is 1.40. The first-order chi connectivity index (χ1) is 21.9. The van der Waals surface area contributed by atoms with Crippen molar-refractivity contribution in [1.82, 2.24) is 15.0 Å². The Labute approximate surface area is 260 Å². The van der Waals surface area contributed by atoms with Gasteiger partial charge in [-0.2, -0.15) is 15.0 Å². The summed E-state index contributed by atoms with van der Waals surface area (Å²) in [6, 6.07) is 26.2. The molecule has 0 radical (unpaired) electrons. The van der Waals surface area contributed by atoms with E-state index < -0.39 is 6.36 Å². The zero-order valence-corrected chi connectivity index (χ0v) is 24.8. The minimum Gasteiger partial charge on any atom is -0.406 e. The molecule has 0 aliphatic heterocycles. The number of hydrogen-bond acceptors (Lipinski definition) is 10. The average molecular weight is 626 g/mol. The van der Waals surface area contributed by atoms with E-state index >= 15 is 0 Å². The molecule has 0 amide bonds. The van der Waals surface area contributed by atoms with Crippen molar-refractivity contribution in [2.45, 2.75) is 25.2 Å². The summed E-state index contributed by atoms with van der Waals surface area (Å²) in [4.78, 5) is 13.5. The predicted molar refractivity (Wildman–Crippen MR) is 167 cm³/mol. The second-order valence-corrected chi connectivity index (χ2v) is 9.88. The number of aromatic nitrogens is 3. The van der Waals surface area contributed by atoms with E-state index in [9.17, 15) is 13.2 Å². The van der Waals surface area contributed by atoms with Crippen LogP contribution in [0.1, 0.15) is 29.0 Å². The summed E-state index contributed by atoms with van der Waals surface area (Å²) in [5.41, 5.74) is 8.55. The molecule has 45 heavy (non-hydrogen) atoms. The van der Waals surface area contributed by atoms with Crippen LogP contribution < -0.4 is 26.4 Å². The van der Waals surface area contributed by atoms with E-state index in [1.165, 1.54) is 35.4 Å². The lowest BCUT2D eigenvalue weighted by Crippen LogP contribution is -2.18. The largest absolute Gasteiger partial charge is 0.573 e. The molecule has 0 aliphatic carbocycles. The number of nitrogens with zero attached hydrogens (tertiary/aromatic N) is 3. The number of ether oxygens (including phenoxy) is 3. The molecule has 0 spiro atoms. The number of benzene rings is 3. The summed E-state index contributed by atoms with van der Waals surface area (Å²) in [6.45, 7) is 3.56. The van der Waals surface area contributed by atoms with Crippen molar-refractivity contribution in [1.29, 1.82) is 0 Å². The molecule has 0 unspecified atom stereocenters. The number of halogens is 3. The number of hydrogen-bond donors (Lipinski definition) is 4. The van der Waals surface area contributed by atoms with E-state index in [0.29, 0.717) is 69.5 Å². The van der Waals surface area contributed by atoms with Crippen LogP contribution in [-0.2, 0) is 16.0 Å². The monoisotopic (exact) mass is 625 g/mol. The van der Waals surface area contributed by atoms with Crippen LogP contribution in [0, 0.1) is 0 Å². The number of nitrogens with two attached hydrogens (primary N) is 1. The molecule has 1 aromatic heterocycles. The Bertz CT molecular complexity index is 1360. The standard InChI is InChI=1S/C32H38F3N7O3/c33-32(34,35)45-27-13-11-24(12-14-27)23-39-31-41-29(40-30(42-31)38-18-20-44-22-21-43-19-16-36)37-17-15-28(25-7-3-1-4-8-25)26-9-5-2-6-10-26/h1-14,28H,15-23,36H2,(H3,37,38,39,40,41,42). The molecule has 0 saturated heterocycles. The summed E-state index contributed by atoms with van der Waals surface area (Å²) in [5.74, 6) is 0.896. The number of rotatable bonds is 19. The maximum atomic E-state index is 12.5. The third kappa shape index (κ3) is 12.2. The molecule has 4 rings (SSSR count). The molecule has 1 heterocycles. The van der Waals surface area contributed by atoms with Crippen LogP contribution in [0.2, 0.25) is 0 Å². The highest BCUT2D eigenvalue weighted by atomic mass is 19.4. The van der Waals surface area contributed by atoms with E-state index in [4.69, 9.17) is 15.2 Å². The van der Waals surface area contributed by atoms with Gasteiger partial charge >= 0.3 is 6.36 Å². The van der Waals surface area contributed by atoms with E-state index in [0.717, 1.165) is 6.42 Å². The summed E-state index contributed by atoms with van der Waals surface area (Å²) >= 11 is 0. The second kappa shape index (κ2) is 17.7. The molecule has 0 bridgehead atoms. The van der Waals surface area contributed by atoms with Gasteiger partial charge in [-0.25, -0.2) is 0 Å². The fourth-order valence-corrected chi connectivity index (χ4v) is 4.47. The van der Waals surface area contributed by atoms with Crippen molar-refractivity contribution in [2.24, 2.45) is 5.73 Å². The smallest absolute Gasteiger partial charge is 0.406 e. The lowest BCUT2D eigenvalue weighted by atomic mass is 9.88. The molecule has 0 atom stereocenters. The Kier molecular flexibility index (Phi) is 13.2. The minimum absolute atomic E-state index is 0.173. The van der Waals surface area contributed by atoms with Gasteiger partial charge in [0, 0.05) is 32.1 Å². The summed E-state index contributed by atoms with van der Waals surface area (Å²) in [6.07, 6.45) is -3.96. The van der Waals surface area contributed by atoms with Gasteiger partial charge in [-0.1, -0.05) is 72.8 Å². The van der Waals surface area contributed by atoms with Crippen LogP contribution in [-0.4, -0.2) is 67.4 Å². The minimum atomic E-state index is -4.75. The number of alkyl halides is 3. The van der Waals surface area contributed by atoms with Crippen LogP contribution in [0.5, 0.6) is 5.75 Å². The maximum Gasteiger partial charge on any atom is 0.573 e. The van der Waals surface area contributed by atoms with Gasteiger partial charge < -0.3 is 35.9 Å². The van der Waals surface area contributed by atoms with E-state index in [1.807, 2.05) is 36.4 Å². The molecule has 10 nitrogen and oxygen atoms in total. The summed E-state index contributed by atoms with van der Waals surface area (Å²) in [7, 11) is 0. The predicted octanol–water partition coefficient (Wildman–Crippen LogP) is 5.42. The molecule has 0 aliphatic rings. The van der Waals surface area contributed by atoms with Gasteiger partial charge in [0.1, 0.15) is 5.75 Å². The van der Waals surface area contributed by atoms with E-state index in [2.05, 4.69) is 59.9 Å². The Hall–Kier alpha value is -4.46. The molecule has 5 N–H and O–H groups in total. The first-order valence-corrected chi connectivity index (χ1v) is 14.7. The molecule has 3 aromatic carbocycles. The molecule has 4 aromatic rings. The maximum absolute atomic E-state index is 12.5. The van der Waals surface area contributed by atoms with Crippen molar-refractivity contribution < 1.29 is 27.4 Å². The second-order valence-electron chi connectivity index (χ2n) is 9.88. The van der Waals surface area contributed by atoms with Crippen LogP contribution in [0.25, 0.3) is 0 Å². The topological polar surface area (TPSA) is 128 Å². The summed E-state index contributed by atoms with van der Waals surface area (Å²) in [5, 5.41) is 9.61. The van der Waals surface area contributed by atoms with Crippen molar-refractivity contribution >= 4 is 17.8 Å². The van der Waals surface area contributed by atoms with Gasteiger partial charge in [0.2, 0.25) is 17.8 Å². The van der Waals surface area contributed by atoms with Gasteiger partial charge in [0.15, 0.2) is 0 Å². The lowest BCUT2D eigenvalue weighted by Gasteiger charge is -2.19. The zero-order valence-electron chi connectivity index (χ0n) is 24.8. The van der Waals surface area contributed by atoms with Crippen LogP contribution in [0.15, 0.2) is 84.9 Å². The fourth-order valence-electron chi connectivity index (χ4n) is 4.47. The highest BCUT2D eigenvalue weighted by Crippen LogP contribution is 2.28. The quantitative estimate of drug-likeness (QED) is 0.100. The molecular weight excluding hydrogens is 587 g/mol. The lowest BCUT2D eigenvalue weighted by molar-refractivity contribution is -0.274. The van der Waals surface area contributed by atoms with Crippen LogP contribution in [0.3, 0.4) is 0 Å². The van der Waals surface area contributed by atoms with Crippen molar-refractivity contribution in [3.05, 3.63) is 102 Å². The van der Waals surface area contributed by atoms with E-state index in [1.54, 1.807) is 0 Å². The van der Waals surface area contributed by atoms with Gasteiger partial charge in [-0.15, -0.1) is 13.2 Å². The highest BCUT2D eigenvalue weighted by molar-refractivity contribution is 5.43. The normalized spacial score (nSPS) is 11.4. The number of anilines is 3. The Morgan fingerprint density at radius 1 is 0.644 bits per heavy atom. The van der Waals surface area contributed by atoms with Crippen LogP contribution >= 0.6 is 0 Å². The zero-order chi connectivity index (χ0) is 31.7. The molecule has 240 valence electrons. The first kappa shape index (κ1) is 33.4. The third-order valence-corrected chi connectivity index (χ3v) is 6.53. The van der Waals surface area contributed by atoms with E-state index in [-0.39, 0.29) is 18.2 Å². The van der Waals surface area contributed by atoms with Gasteiger partial charge in [0.05, 0.1) is 26.4 Å². The molecule has 0 fully saturated rings. The van der Waals surface area contributed by atoms with Gasteiger partial charge in [-0.3, -0.25) is 0 Å². The SMILES string of the molecule is NCCOCCOCCNc1nc(NCCC(c2ccccc2)c2ccccc2)nc(NCc2ccc(OC(F)(F)F)cc2)n1. The van der Waals surface area contributed by atoms with Gasteiger partial charge in [0.25, 0.3) is 0 Å². The van der Waals surface area contributed by atoms with Crippen molar-refractivity contribution in [2.75, 3.05) is 62.0 Å². The van der Waals surface area contributed by atoms with Crippen LogP contribution in [0.4, 0.5) is 31.0 Å². The summed E-state index contributed by atoms with van der Waals surface area (Å²) < 4.78 is 52.3.